The Bertz CT molecular complexity index is 594. The third-order valence-electron chi connectivity index (χ3n) is 4.79. The Morgan fingerprint density at radius 2 is 1.92 bits per heavy atom. The minimum absolute atomic E-state index is 0. The Labute approximate surface area is 167 Å². The summed E-state index contributed by atoms with van der Waals surface area (Å²) < 4.78 is 0. The molecule has 1 amide bonds. The topological polar surface area (TPSA) is 56.7 Å². The van der Waals surface area contributed by atoms with Crippen molar-refractivity contribution in [1.82, 2.24) is 15.5 Å². The monoisotopic (exact) mass is 456 g/mol. The standard InChI is InChI=1S/C19H28N4O.HI/c1-3-20-19(22-17-11-14(17)2)21-10-6-9-18(24)23-12-15-7-4-5-8-16(15)13-23;/h4-5,7-8,14,17H,3,6,9-13H2,1-2H3,(H2,20,21,22);1H. The number of hydrogen-bond acceptors (Lipinski definition) is 2. The number of carbonyl (C=O) groups excluding carboxylic acids is 1. The van der Waals surface area contributed by atoms with Crippen LogP contribution in [-0.4, -0.2) is 35.9 Å². The van der Waals surface area contributed by atoms with Crippen molar-refractivity contribution in [2.75, 3.05) is 13.1 Å². The van der Waals surface area contributed by atoms with Crippen LogP contribution in [0.5, 0.6) is 0 Å². The van der Waals surface area contributed by atoms with Crippen molar-refractivity contribution in [1.29, 1.82) is 0 Å². The number of rotatable bonds is 6. The minimum Gasteiger partial charge on any atom is -0.357 e. The first-order valence-corrected chi connectivity index (χ1v) is 9.06. The molecule has 1 aromatic carbocycles. The Kier molecular flexibility index (Phi) is 7.53. The lowest BCUT2D eigenvalue weighted by molar-refractivity contribution is -0.131. The zero-order chi connectivity index (χ0) is 16.9. The van der Waals surface area contributed by atoms with E-state index in [0.717, 1.165) is 37.9 Å². The fourth-order valence-corrected chi connectivity index (χ4v) is 3.11. The largest absolute Gasteiger partial charge is 0.357 e. The molecule has 2 unspecified atom stereocenters. The molecule has 0 spiro atoms. The van der Waals surface area contributed by atoms with Gasteiger partial charge in [0, 0.05) is 38.6 Å². The molecular weight excluding hydrogens is 427 g/mol. The van der Waals surface area contributed by atoms with Crippen LogP contribution in [0.4, 0.5) is 0 Å². The van der Waals surface area contributed by atoms with E-state index in [1.807, 2.05) is 17.0 Å². The molecule has 1 aliphatic heterocycles. The second-order valence-electron chi connectivity index (χ2n) is 6.85. The lowest BCUT2D eigenvalue weighted by Crippen LogP contribution is -2.39. The minimum atomic E-state index is 0. The molecule has 0 aromatic heterocycles. The molecule has 1 heterocycles. The highest BCUT2D eigenvalue weighted by molar-refractivity contribution is 14.0. The van der Waals surface area contributed by atoms with Crippen LogP contribution in [-0.2, 0) is 17.9 Å². The van der Waals surface area contributed by atoms with E-state index in [0.29, 0.717) is 19.0 Å². The van der Waals surface area contributed by atoms with E-state index < -0.39 is 0 Å². The summed E-state index contributed by atoms with van der Waals surface area (Å²) in [6, 6.07) is 8.86. The van der Waals surface area contributed by atoms with Gasteiger partial charge in [-0.25, -0.2) is 0 Å². The van der Waals surface area contributed by atoms with Gasteiger partial charge in [-0.15, -0.1) is 24.0 Å². The van der Waals surface area contributed by atoms with Crippen LogP contribution in [0.1, 0.15) is 44.2 Å². The lowest BCUT2D eigenvalue weighted by Gasteiger charge is -2.15. The quantitative estimate of drug-likeness (QED) is 0.300. The van der Waals surface area contributed by atoms with E-state index in [4.69, 9.17) is 0 Å². The molecule has 5 nitrogen and oxygen atoms in total. The van der Waals surface area contributed by atoms with E-state index in [1.165, 1.54) is 17.5 Å². The van der Waals surface area contributed by atoms with E-state index in [9.17, 15) is 4.79 Å². The van der Waals surface area contributed by atoms with Crippen molar-refractivity contribution in [3.05, 3.63) is 35.4 Å². The highest BCUT2D eigenvalue weighted by Gasteiger charge is 2.33. The number of hydrogen-bond donors (Lipinski definition) is 2. The summed E-state index contributed by atoms with van der Waals surface area (Å²) in [4.78, 5) is 18.9. The smallest absolute Gasteiger partial charge is 0.223 e. The third-order valence-corrected chi connectivity index (χ3v) is 4.79. The molecule has 3 rings (SSSR count). The predicted octanol–water partition coefficient (Wildman–Crippen LogP) is 2.89. The summed E-state index contributed by atoms with van der Waals surface area (Å²) in [5.41, 5.74) is 2.56. The summed E-state index contributed by atoms with van der Waals surface area (Å²) >= 11 is 0. The number of amides is 1. The number of halogens is 1. The molecule has 0 saturated heterocycles. The summed E-state index contributed by atoms with van der Waals surface area (Å²) in [5.74, 6) is 1.86. The number of aliphatic imine (C=N–C) groups is 1. The van der Waals surface area contributed by atoms with E-state index in [-0.39, 0.29) is 29.9 Å². The van der Waals surface area contributed by atoms with Crippen molar-refractivity contribution < 1.29 is 4.79 Å². The second kappa shape index (κ2) is 9.40. The van der Waals surface area contributed by atoms with Crippen molar-refractivity contribution in [3.8, 4) is 0 Å². The molecule has 6 heteroatoms. The summed E-state index contributed by atoms with van der Waals surface area (Å²) in [5, 5.41) is 6.71. The zero-order valence-corrected chi connectivity index (χ0v) is 17.5. The number of carbonyl (C=O) groups is 1. The van der Waals surface area contributed by atoms with Gasteiger partial charge in [0.25, 0.3) is 0 Å². The molecule has 2 aliphatic rings. The summed E-state index contributed by atoms with van der Waals surface area (Å²) in [6.45, 7) is 7.36. The molecule has 1 saturated carbocycles. The van der Waals surface area contributed by atoms with Gasteiger partial charge in [-0.05, 0) is 36.8 Å². The Morgan fingerprint density at radius 3 is 2.48 bits per heavy atom. The Hall–Kier alpha value is -1.31. The van der Waals surface area contributed by atoms with E-state index >= 15 is 0 Å². The molecule has 1 fully saturated rings. The maximum atomic E-state index is 12.4. The average molecular weight is 456 g/mol. The molecule has 0 bridgehead atoms. The van der Waals surface area contributed by atoms with Crippen LogP contribution in [0.3, 0.4) is 0 Å². The fraction of sp³-hybridized carbons (Fsp3) is 0.579. The maximum absolute atomic E-state index is 12.4. The number of benzene rings is 1. The van der Waals surface area contributed by atoms with Gasteiger partial charge in [0.2, 0.25) is 5.91 Å². The first-order chi connectivity index (χ1) is 11.7. The number of fused-ring (bicyclic) bond motifs is 1. The van der Waals surface area contributed by atoms with Crippen molar-refractivity contribution >= 4 is 35.8 Å². The predicted molar refractivity (Wildman–Crippen MR) is 112 cm³/mol. The van der Waals surface area contributed by atoms with Gasteiger partial charge in [-0.1, -0.05) is 31.2 Å². The second-order valence-corrected chi connectivity index (χ2v) is 6.85. The summed E-state index contributed by atoms with van der Waals surface area (Å²) in [7, 11) is 0. The van der Waals surface area contributed by atoms with Crippen LogP contribution < -0.4 is 10.6 Å². The first kappa shape index (κ1) is 20.0. The molecule has 25 heavy (non-hydrogen) atoms. The van der Waals surface area contributed by atoms with Gasteiger partial charge >= 0.3 is 0 Å². The molecule has 138 valence electrons. The zero-order valence-electron chi connectivity index (χ0n) is 15.1. The van der Waals surface area contributed by atoms with Crippen molar-refractivity contribution in [2.24, 2.45) is 10.9 Å². The van der Waals surface area contributed by atoms with Gasteiger partial charge in [-0.2, -0.15) is 0 Å². The van der Waals surface area contributed by atoms with E-state index in [1.54, 1.807) is 0 Å². The maximum Gasteiger partial charge on any atom is 0.223 e. The first-order valence-electron chi connectivity index (χ1n) is 9.06. The van der Waals surface area contributed by atoms with Crippen LogP contribution in [0, 0.1) is 5.92 Å². The third kappa shape index (κ3) is 5.59. The number of nitrogens with zero attached hydrogens (tertiary/aromatic N) is 2. The van der Waals surface area contributed by atoms with Crippen LogP contribution in [0.25, 0.3) is 0 Å². The van der Waals surface area contributed by atoms with Crippen LogP contribution >= 0.6 is 24.0 Å². The van der Waals surface area contributed by atoms with Gasteiger partial charge in [0.1, 0.15) is 0 Å². The molecular formula is C19H29IN4O. The highest BCUT2D eigenvalue weighted by Crippen LogP contribution is 2.28. The molecule has 0 radical (unpaired) electrons. The fourth-order valence-electron chi connectivity index (χ4n) is 3.11. The lowest BCUT2D eigenvalue weighted by atomic mass is 10.1. The van der Waals surface area contributed by atoms with E-state index in [2.05, 4.69) is 41.6 Å². The molecule has 1 aliphatic carbocycles. The highest BCUT2D eigenvalue weighted by atomic mass is 127. The molecule has 2 atom stereocenters. The normalized spacial score (nSPS) is 21.4. The summed E-state index contributed by atoms with van der Waals surface area (Å²) in [6.07, 6.45) is 2.58. The van der Waals surface area contributed by atoms with Crippen molar-refractivity contribution in [3.63, 3.8) is 0 Å². The van der Waals surface area contributed by atoms with Crippen LogP contribution in [0.2, 0.25) is 0 Å². The van der Waals surface area contributed by atoms with Crippen molar-refractivity contribution in [2.45, 2.75) is 52.2 Å². The van der Waals surface area contributed by atoms with Crippen LogP contribution in [0.15, 0.2) is 29.3 Å². The van der Waals surface area contributed by atoms with Gasteiger partial charge in [0.15, 0.2) is 5.96 Å². The molecule has 1 aromatic rings. The Balaban J connectivity index is 0.00000225. The number of nitrogens with one attached hydrogen (secondary N) is 2. The average Bonchev–Trinajstić information content (AvgIpc) is 3.10. The Morgan fingerprint density at radius 1 is 1.28 bits per heavy atom. The SMILES string of the molecule is CCNC(=NCCCC(=O)N1Cc2ccccc2C1)NC1CC1C.I. The van der Waals surface area contributed by atoms with Gasteiger partial charge in [0.05, 0.1) is 0 Å². The van der Waals surface area contributed by atoms with Gasteiger partial charge < -0.3 is 15.5 Å². The molecule has 2 N–H and O–H groups in total. The number of guanidine groups is 1. The van der Waals surface area contributed by atoms with Gasteiger partial charge in [-0.3, -0.25) is 9.79 Å².